The smallest absolute Gasteiger partial charge is 0.242 e. The lowest BCUT2D eigenvalue weighted by Gasteiger charge is -2.51. The number of para-hydroxylation sites is 1. The third-order valence-electron chi connectivity index (χ3n) is 4.75. The van der Waals surface area contributed by atoms with Gasteiger partial charge in [0.05, 0.1) is 6.04 Å². The van der Waals surface area contributed by atoms with E-state index in [-0.39, 0.29) is 17.4 Å². The summed E-state index contributed by atoms with van der Waals surface area (Å²) in [6, 6.07) is 6.00. The van der Waals surface area contributed by atoms with Crippen molar-refractivity contribution in [2.75, 3.05) is 25.1 Å². The van der Waals surface area contributed by atoms with Gasteiger partial charge in [0.15, 0.2) is 0 Å². The summed E-state index contributed by atoms with van der Waals surface area (Å²) in [6.07, 6.45) is 1.95. The monoisotopic (exact) mass is 274 g/mol. The lowest BCUT2D eigenvalue weighted by molar-refractivity contribution is -0.130. The maximum absolute atomic E-state index is 12.6. The molecule has 2 saturated heterocycles. The summed E-state index contributed by atoms with van der Waals surface area (Å²) in [5.74, 6) is 0.0931. The fourth-order valence-electron chi connectivity index (χ4n) is 3.31. The number of benzene rings is 1. The maximum Gasteiger partial charge on any atom is 0.242 e. The molecule has 2 fully saturated rings. The van der Waals surface area contributed by atoms with Gasteiger partial charge in [-0.3, -0.25) is 4.79 Å². The molecule has 1 atom stereocenters. The van der Waals surface area contributed by atoms with Gasteiger partial charge >= 0.3 is 0 Å². The maximum atomic E-state index is 12.6. The summed E-state index contributed by atoms with van der Waals surface area (Å²) in [4.78, 5) is 12.6. The van der Waals surface area contributed by atoms with E-state index in [1.807, 2.05) is 32.0 Å². The van der Waals surface area contributed by atoms with E-state index in [1.165, 1.54) is 0 Å². The van der Waals surface area contributed by atoms with Gasteiger partial charge in [0.25, 0.3) is 0 Å². The second-order valence-electron chi connectivity index (χ2n) is 6.04. The lowest BCUT2D eigenvalue weighted by atomic mass is 9.67. The quantitative estimate of drug-likeness (QED) is 0.867. The van der Waals surface area contributed by atoms with Crippen LogP contribution in [0.1, 0.15) is 24.0 Å². The minimum Gasteiger partial charge on any atom is -0.381 e. The van der Waals surface area contributed by atoms with Crippen molar-refractivity contribution in [1.29, 1.82) is 0 Å². The molecule has 0 radical (unpaired) electrons. The van der Waals surface area contributed by atoms with E-state index in [0.717, 1.165) is 49.4 Å². The highest BCUT2D eigenvalue weighted by atomic mass is 16.5. The van der Waals surface area contributed by atoms with Gasteiger partial charge in [0, 0.05) is 30.9 Å². The SMILES string of the molecule is Cc1cccc(C)c1NC(=O)C1NCC12CCOCC2. The molecular weight excluding hydrogens is 252 g/mol. The largest absolute Gasteiger partial charge is 0.381 e. The van der Waals surface area contributed by atoms with E-state index in [0.29, 0.717) is 0 Å². The number of ether oxygens (including phenoxy) is 1. The predicted octanol–water partition coefficient (Wildman–Crippen LogP) is 2.01. The lowest BCUT2D eigenvalue weighted by Crippen LogP contribution is -2.68. The fourth-order valence-corrected chi connectivity index (χ4v) is 3.31. The highest BCUT2D eigenvalue weighted by molar-refractivity contribution is 5.97. The highest BCUT2D eigenvalue weighted by Crippen LogP contribution is 2.40. The molecule has 2 aliphatic rings. The van der Waals surface area contributed by atoms with Crippen molar-refractivity contribution in [1.82, 2.24) is 5.32 Å². The van der Waals surface area contributed by atoms with E-state index in [1.54, 1.807) is 0 Å². The van der Waals surface area contributed by atoms with E-state index < -0.39 is 0 Å². The van der Waals surface area contributed by atoms with Crippen molar-refractivity contribution < 1.29 is 9.53 Å². The Morgan fingerprint density at radius 2 is 1.95 bits per heavy atom. The fraction of sp³-hybridized carbons (Fsp3) is 0.562. The molecule has 0 bridgehead atoms. The van der Waals surface area contributed by atoms with Crippen LogP contribution in [0.4, 0.5) is 5.69 Å². The minimum absolute atomic E-state index is 0.0783. The van der Waals surface area contributed by atoms with Crippen LogP contribution < -0.4 is 10.6 Å². The standard InChI is InChI=1S/C16H22N2O2/c1-11-4-3-5-12(2)13(11)18-15(19)14-16(10-17-14)6-8-20-9-7-16/h3-5,14,17H,6-10H2,1-2H3,(H,18,19). The van der Waals surface area contributed by atoms with E-state index in [9.17, 15) is 4.79 Å². The molecule has 1 spiro atoms. The molecule has 0 aromatic heterocycles. The van der Waals surface area contributed by atoms with Crippen LogP contribution in [0.15, 0.2) is 18.2 Å². The average molecular weight is 274 g/mol. The van der Waals surface area contributed by atoms with Crippen molar-refractivity contribution in [3.63, 3.8) is 0 Å². The molecular formula is C16H22N2O2. The number of carbonyl (C=O) groups excluding carboxylic acids is 1. The second kappa shape index (κ2) is 5.19. The first-order chi connectivity index (χ1) is 9.62. The van der Waals surface area contributed by atoms with E-state index in [4.69, 9.17) is 4.74 Å². The highest BCUT2D eigenvalue weighted by Gasteiger charge is 2.50. The first kappa shape index (κ1) is 13.6. The summed E-state index contributed by atoms with van der Waals surface area (Å²) >= 11 is 0. The van der Waals surface area contributed by atoms with Crippen molar-refractivity contribution in [3.8, 4) is 0 Å². The van der Waals surface area contributed by atoms with Crippen molar-refractivity contribution in [2.24, 2.45) is 5.41 Å². The van der Waals surface area contributed by atoms with Crippen LogP contribution in [0.2, 0.25) is 0 Å². The number of anilines is 1. The predicted molar refractivity (Wildman–Crippen MR) is 78.8 cm³/mol. The Bertz CT molecular complexity index is 501. The van der Waals surface area contributed by atoms with E-state index in [2.05, 4.69) is 10.6 Å². The summed E-state index contributed by atoms with van der Waals surface area (Å²) in [5.41, 5.74) is 3.28. The zero-order valence-corrected chi connectivity index (χ0v) is 12.2. The van der Waals surface area contributed by atoms with Gasteiger partial charge in [0.2, 0.25) is 5.91 Å². The number of carbonyl (C=O) groups is 1. The third-order valence-corrected chi connectivity index (χ3v) is 4.75. The molecule has 1 aromatic carbocycles. The molecule has 1 aromatic rings. The average Bonchev–Trinajstić information content (AvgIpc) is 2.43. The van der Waals surface area contributed by atoms with Crippen molar-refractivity contribution >= 4 is 11.6 Å². The van der Waals surface area contributed by atoms with Crippen LogP contribution in [0.5, 0.6) is 0 Å². The molecule has 1 amide bonds. The number of nitrogens with one attached hydrogen (secondary N) is 2. The normalized spacial score (nSPS) is 24.2. The molecule has 3 rings (SSSR count). The Balaban J connectivity index is 1.74. The van der Waals surface area contributed by atoms with Gasteiger partial charge in [-0.1, -0.05) is 18.2 Å². The zero-order valence-electron chi connectivity index (χ0n) is 12.2. The molecule has 20 heavy (non-hydrogen) atoms. The summed E-state index contributed by atoms with van der Waals surface area (Å²) in [6.45, 7) is 6.53. The molecule has 2 N–H and O–H groups in total. The Labute approximate surface area is 119 Å². The number of rotatable bonds is 2. The number of hydrogen-bond donors (Lipinski definition) is 2. The van der Waals surface area contributed by atoms with Gasteiger partial charge in [-0.05, 0) is 37.8 Å². The van der Waals surface area contributed by atoms with E-state index >= 15 is 0 Å². The molecule has 2 heterocycles. The Morgan fingerprint density at radius 3 is 2.50 bits per heavy atom. The first-order valence-electron chi connectivity index (χ1n) is 7.31. The number of amides is 1. The molecule has 4 heteroatoms. The Morgan fingerprint density at radius 1 is 1.30 bits per heavy atom. The van der Waals surface area contributed by atoms with Gasteiger partial charge in [-0.2, -0.15) is 0 Å². The number of hydrogen-bond acceptors (Lipinski definition) is 3. The van der Waals surface area contributed by atoms with Crippen molar-refractivity contribution in [2.45, 2.75) is 32.7 Å². The van der Waals surface area contributed by atoms with Crippen LogP contribution in [-0.2, 0) is 9.53 Å². The molecule has 0 saturated carbocycles. The summed E-state index contributed by atoms with van der Waals surface area (Å²) in [5, 5.41) is 6.41. The molecule has 4 nitrogen and oxygen atoms in total. The Kier molecular flexibility index (Phi) is 3.52. The minimum atomic E-state index is -0.0783. The van der Waals surface area contributed by atoms with Crippen LogP contribution >= 0.6 is 0 Å². The molecule has 2 aliphatic heterocycles. The zero-order chi connectivity index (χ0) is 14.2. The van der Waals surface area contributed by atoms with Gasteiger partial charge < -0.3 is 15.4 Å². The van der Waals surface area contributed by atoms with Crippen LogP contribution in [-0.4, -0.2) is 31.7 Å². The first-order valence-corrected chi connectivity index (χ1v) is 7.31. The second-order valence-corrected chi connectivity index (χ2v) is 6.04. The van der Waals surface area contributed by atoms with Crippen LogP contribution in [0.25, 0.3) is 0 Å². The van der Waals surface area contributed by atoms with Gasteiger partial charge in [-0.25, -0.2) is 0 Å². The summed E-state index contributed by atoms with van der Waals surface area (Å²) < 4.78 is 5.43. The molecule has 1 unspecified atom stereocenters. The number of aryl methyl sites for hydroxylation is 2. The topological polar surface area (TPSA) is 50.4 Å². The summed E-state index contributed by atoms with van der Waals surface area (Å²) in [7, 11) is 0. The third kappa shape index (κ3) is 2.23. The van der Waals surface area contributed by atoms with Crippen molar-refractivity contribution in [3.05, 3.63) is 29.3 Å². The molecule has 108 valence electrons. The van der Waals surface area contributed by atoms with Gasteiger partial charge in [0.1, 0.15) is 0 Å². The van der Waals surface area contributed by atoms with Crippen LogP contribution in [0.3, 0.4) is 0 Å². The van der Waals surface area contributed by atoms with Gasteiger partial charge in [-0.15, -0.1) is 0 Å². The molecule has 0 aliphatic carbocycles. The Hall–Kier alpha value is -1.39. The van der Waals surface area contributed by atoms with Crippen LogP contribution in [0, 0.1) is 19.3 Å².